The Morgan fingerprint density at radius 1 is 1.62 bits per heavy atom. The first kappa shape index (κ1) is 15.2. The topological polar surface area (TPSA) is 100 Å². The molecule has 2 rings (SSSR count). The van der Waals surface area contributed by atoms with Crippen molar-refractivity contribution in [3.05, 3.63) is 17.8 Å². The highest BCUT2D eigenvalue weighted by molar-refractivity contribution is 7.86. The highest BCUT2D eigenvalue weighted by Gasteiger charge is 2.35. The fourth-order valence-corrected chi connectivity index (χ4v) is 3.08. The molecular weight excluding hydrogens is 301 g/mol. The smallest absolute Gasteiger partial charge is 0.302 e. The van der Waals surface area contributed by atoms with E-state index in [0.29, 0.717) is 0 Å². The predicted octanol–water partition coefficient (Wildman–Crippen LogP) is 0.614. The lowest BCUT2D eigenvalue weighted by molar-refractivity contribution is -0.117. The molecular formula is C12H12FN3O4S. The summed E-state index contributed by atoms with van der Waals surface area (Å²) in [5.74, 6) is -1.42. The van der Waals surface area contributed by atoms with E-state index >= 15 is 0 Å². The standard InChI is InChI=1S/C12H12FN3O4S/c1-20-10-2-3-15-12(9(10)5-14)16-6-8(4-11(16)17)7-21(13,18)19/h2-3,8H,4,6-7H2,1H3. The van der Waals surface area contributed by atoms with Crippen molar-refractivity contribution in [2.24, 2.45) is 5.92 Å². The zero-order valence-electron chi connectivity index (χ0n) is 11.1. The van der Waals surface area contributed by atoms with Crippen molar-refractivity contribution in [1.29, 1.82) is 5.26 Å². The Balaban J connectivity index is 2.32. The largest absolute Gasteiger partial charge is 0.495 e. The second kappa shape index (κ2) is 5.65. The Labute approximate surface area is 121 Å². The average Bonchev–Trinajstić information content (AvgIpc) is 2.75. The normalized spacial score (nSPS) is 18.6. The molecule has 112 valence electrons. The number of nitrogens with zero attached hydrogens (tertiary/aromatic N) is 3. The van der Waals surface area contributed by atoms with E-state index in [2.05, 4.69) is 4.98 Å². The number of pyridine rings is 1. The lowest BCUT2D eigenvalue weighted by Gasteiger charge is -2.17. The van der Waals surface area contributed by atoms with Gasteiger partial charge in [0.05, 0.1) is 12.9 Å². The number of carbonyl (C=O) groups excluding carboxylic acids is 1. The number of methoxy groups -OCH3 is 1. The van der Waals surface area contributed by atoms with E-state index in [9.17, 15) is 17.1 Å². The summed E-state index contributed by atoms with van der Waals surface area (Å²) in [5.41, 5.74) is 0.0807. The molecule has 2 heterocycles. The summed E-state index contributed by atoms with van der Waals surface area (Å²) in [6.45, 7) is -0.00314. The predicted molar refractivity (Wildman–Crippen MR) is 70.9 cm³/mol. The molecule has 1 aliphatic heterocycles. The molecule has 9 heteroatoms. The number of ether oxygens (including phenoxy) is 1. The third kappa shape index (κ3) is 3.28. The number of halogens is 1. The van der Waals surface area contributed by atoms with E-state index < -0.39 is 27.8 Å². The minimum atomic E-state index is -4.65. The van der Waals surface area contributed by atoms with E-state index in [1.165, 1.54) is 24.3 Å². The Kier molecular flexibility index (Phi) is 4.09. The second-order valence-electron chi connectivity index (χ2n) is 4.60. The molecule has 0 spiro atoms. The van der Waals surface area contributed by atoms with Crippen molar-refractivity contribution in [3.8, 4) is 11.8 Å². The first-order valence-electron chi connectivity index (χ1n) is 6.01. The summed E-state index contributed by atoms with van der Waals surface area (Å²) >= 11 is 0. The third-order valence-electron chi connectivity index (χ3n) is 3.12. The summed E-state index contributed by atoms with van der Waals surface area (Å²) in [4.78, 5) is 17.1. The van der Waals surface area contributed by atoms with Crippen LogP contribution in [0.3, 0.4) is 0 Å². The van der Waals surface area contributed by atoms with Crippen molar-refractivity contribution in [3.63, 3.8) is 0 Å². The number of nitriles is 1. The minimum Gasteiger partial charge on any atom is -0.495 e. The molecule has 1 aromatic heterocycles. The molecule has 1 amide bonds. The summed E-state index contributed by atoms with van der Waals surface area (Å²) in [5, 5.41) is 9.17. The Morgan fingerprint density at radius 2 is 2.33 bits per heavy atom. The minimum absolute atomic E-state index is 0.00314. The molecule has 0 bridgehead atoms. The molecule has 1 fully saturated rings. The molecule has 21 heavy (non-hydrogen) atoms. The number of hydrogen-bond acceptors (Lipinski definition) is 6. The molecule has 0 aliphatic carbocycles. The second-order valence-corrected chi connectivity index (χ2v) is 6.01. The summed E-state index contributed by atoms with van der Waals surface area (Å²) in [6, 6.07) is 3.38. The van der Waals surface area contributed by atoms with E-state index in [1.54, 1.807) is 0 Å². The molecule has 1 saturated heterocycles. The van der Waals surface area contributed by atoms with Crippen LogP contribution in [-0.4, -0.2) is 38.7 Å². The Hall–Kier alpha value is -2.21. The van der Waals surface area contributed by atoms with Crippen LogP contribution in [0.1, 0.15) is 12.0 Å². The number of amides is 1. The van der Waals surface area contributed by atoms with Crippen molar-refractivity contribution in [2.75, 3.05) is 24.3 Å². The highest BCUT2D eigenvalue weighted by Crippen LogP contribution is 2.31. The van der Waals surface area contributed by atoms with Crippen LogP contribution in [0.15, 0.2) is 12.3 Å². The number of carbonyl (C=O) groups is 1. The molecule has 0 N–H and O–H groups in total. The van der Waals surface area contributed by atoms with Gasteiger partial charge in [0, 0.05) is 25.1 Å². The van der Waals surface area contributed by atoms with E-state index in [-0.39, 0.29) is 30.1 Å². The van der Waals surface area contributed by atoms with Gasteiger partial charge in [0.15, 0.2) is 5.82 Å². The van der Waals surface area contributed by atoms with E-state index in [1.807, 2.05) is 6.07 Å². The van der Waals surface area contributed by atoms with Crippen LogP contribution in [-0.2, 0) is 15.0 Å². The van der Waals surface area contributed by atoms with Crippen LogP contribution in [0.4, 0.5) is 9.70 Å². The molecule has 0 saturated carbocycles. The maximum absolute atomic E-state index is 12.7. The van der Waals surface area contributed by atoms with Gasteiger partial charge in [0.1, 0.15) is 17.4 Å². The molecule has 0 radical (unpaired) electrons. The number of rotatable bonds is 4. The van der Waals surface area contributed by atoms with Crippen LogP contribution >= 0.6 is 0 Å². The Bertz CT molecular complexity index is 714. The van der Waals surface area contributed by atoms with Gasteiger partial charge in [0.2, 0.25) is 5.91 Å². The van der Waals surface area contributed by atoms with Gasteiger partial charge in [-0.05, 0) is 6.07 Å². The quantitative estimate of drug-likeness (QED) is 0.755. The summed E-state index contributed by atoms with van der Waals surface area (Å²) in [6.07, 6.45) is 1.27. The average molecular weight is 313 g/mol. The van der Waals surface area contributed by atoms with Crippen LogP contribution in [0.5, 0.6) is 5.75 Å². The van der Waals surface area contributed by atoms with Crippen molar-refractivity contribution in [1.82, 2.24) is 4.98 Å². The highest BCUT2D eigenvalue weighted by atomic mass is 32.3. The Morgan fingerprint density at radius 3 is 2.90 bits per heavy atom. The first-order chi connectivity index (χ1) is 9.85. The molecule has 1 unspecified atom stereocenters. The molecule has 1 aromatic rings. The maximum atomic E-state index is 12.7. The van der Waals surface area contributed by atoms with Crippen LogP contribution in [0.25, 0.3) is 0 Å². The first-order valence-corrected chi connectivity index (χ1v) is 7.56. The van der Waals surface area contributed by atoms with Crippen molar-refractivity contribution < 1.29 is 21.8 Å². The van der Waals surface area contributed by atoms with Crippen LogP contribution in [0, 0.1) is 17.2 Å². The van der Waals surface area contributed by atoms with Gasteiger partial charge in [-0.3, -0.25) is 9.69 Å². The van der Waals surface area contributed by atoms with Crippen LogP contribution < -0.4 is 9.64 Å². The monoisotopic (exact) mass is 313 g/mol. The number of anilines is 1. The summed E-state index contributed by atoms with van der Waals surface area (Å²) < 4.78 is 39.1. The third-order valence-corrected chi connectivity index (χ3v) is 3.99. The molecule has 7 nitrogen and oxygen atoms in total. The number of aromatic nitrogens is 1. The number of hydrogen-bond donors (Lipinski definition) is 0. The molecule has 0 aromatic carbocycles. The van der Waals surface area contributed by atoms with Gasteiger partial charge >= 0.3 is 10.2 Å². The van der Waals surface area contributed by atoms with Gasteiger partial charge < -0.3 is 4.74 Å². The zero-order valence-corrected chi connectivity index (χ0v) is 11.9. The van der Waals surface area contributed by atoms with E-state index in [4.69, 9.17) is 10.00 Å². The van der Waals surface area contributed by atoms with Gasteiger partial charge in [-0.15, -0.1) is 3.89 Å². The lowest BCUT2D eigenvalue weighted by Crippen LogP contribution is -2.27. The van der Waals surface area contributed by atoms with E-state index in [0.717, 1.165) is 0 Å². The fourth-order valence-electron chi connectivity index (χ4n) is 2.29. The van der Waals surface area contributed by atoms with Gasteiger partial charge in [-0.1, -0.05) is 0 Å². The zero-order chi connectivity index (χ0) is 15.6. The fraction of sp³-hybridized carbons (Fsp3) is 0.417. The van der Waals surface area contributed by atoms with Crippen LogP contribution in [0.2, 0.25) is 0 Å². The van der Waals surface area contributed by atoms with Crippen molar-refractivity contribution in [2.45, 2.75) is 6.42 Å². The van der Waals surface area contributed by atoms with Gasteiger partial charge in [-0.2, -0.15) is 13.7 Å². The van der Waals surface area contributed by atoms with Crippen molar-refractivity contribution >= 4 is 21.9 Å². The van der Waals surface area contributed by atoms with Gasteiger partial charge in [-0.25, -0.2) is 4.98 Å². The summed E-state index contributed by atoms with van der Waals surface area (Å²) in [7, 11) is -3.27. The lowest BCUT2D eigenvalue weighted by atomic mass is 10.1. The molecule has 1 atom stereocenters. The SMILES string of the molecule is COc1ccnc(N2CC(CS(=O)(=O)F)CC2=O)c1C#N. The van der Waals surface area contributed by atoms with Gasteiger partial charge in [0.25, 0.3) is 0 Å². The molecule has 1 aliphatic rings. The maximum Gasteiger partial charge on any atom is 0.302 e.